The van der Waals surface area contributed by atoms with Crippen LogP contribution in [0, 0.1) is 19.8 Å². The molecule has 2 N–H and O–H groups in total. The first-order valence-electron chi connectivity index (χ1n) is 6.18. The molecular formula is C14H18ClNO4. The summed E-state index contributed by atoms with van der Waals surface area (Å²) in [5, 5.41) is 18.4. The Morgan fingerprint density at radius 1 is 1.30 bits per heavy atom. The monoisotopic (exact) mass is 299 g/mol. The summed E-state index contributed by atoms with van der Waals surface area (Å²) in [5.74, 6) is -2.69. The summed E-state index contributed by atoms with van der Waals surface area (Å²) < 4.78 is 0. The third-order valence-corrected chi connectivity index (χ3v) is 3.24. The molecule has 0 saturated heterocycles. The number of halogens is 1. The Hall–Kier alpha value is -1.75. The van der Waals surface area contributed by atoms with E-state index in [1.807, 2.05) is 19.9 Å². The molecule has 0 aliphatic carbocycles. The third-order valence-electron chi connectivity index (χ3n) is 2.96. The Balaban J connectivity index is 3.17. The Kier molecular flexibility index (Phi) is 5.39. The van der Waals surface area contributed by atoms with E-state index in [9.17, 15) is 9.59 Å². The van der Waals surface area contributed by atoms with E-state index in [4.69, 9.17) is 21.8 Å². The lowest BCUT2D eigenvalue weighted by Gasteiger charge is -2.27. The number of carboxylic acids is 2. The van der Waals surface area contributed by atoms with Crippen molar-refractivity contribution in [2.24, 2.45) is 5.92 Å². The quantitative estimate of drug-likeness (QED) is 0.844. The summed E-state index contributed by atoms with van der Waals surface area (Å²) in [6, 6.07) is 3.63. The maximum absolute atomic E-state index is 11.0. The Bertz CT molecular complexity index is 507. The van der Waals surface area contributed by atoms with Crippen LogP contribution in [0.25, 0.3) is 0 Å². The van der Waals surface area contributed by atoms with Gasteiger partial charge in [0, 0.05) is 6.54 Å². The van der Waals surface area contributed by atoms with E-state index in [1.54, 1.807) is 6.07 Å². The van der Waals surface area contributed by atoms with Crippen molar-refractivity contribution in [3.8, 4) is 0 Å². The third kappa shape index (κ3) is 4.13. The minimum Gasteiger partial charge on any atom is -0.481 e. The van der Waals surface area contributed by atoms with Gasteiger partial charge in [-0.05, 0) is 31.0 Å². The van der Waals surface area contributed by atoms with Crippen molar-refractivity contribution >= 4 is 29.2 Å². The number of carboxylic acid groups (broad SMARTS) is 2. The predicted molar refractivity (Wildman–Crippen MR) is 77.6 cm³/mol. The molecule has 0 spiro atoms. The molecule has 0 radical (unpaired) electrons. The molecule has 0 aliphatic heterocycles. The van der Waals surface area contributed by atoms with Crippen LogP contribution in [0.2, 0.25) is 5.02 Å². The van der Waals surface area contributed by atoms with Crippen LogP contribution in [0.5, 0.6) is 0 Å². The number of nitrogens with zero attached hydrogens (tertiary/aromatic N) is 1. The van der Waals surface area contributed by atoms with Crippen molar-refractivity contribution in [1.29, 1.82) is 0 Å². The van der Waals surface area contributed by atoms with Crippen molar-refractivity contribution in [3.05, 3.63) is 28.3 Å². The first-order chi connectivity index (χ1) is 9.22. The van der Waals surface area contributed by atoms with Gasteiger partial charge in [-0.25, -0.2) is 0 Å². The number of rotatable bonds is 6. The first-order valence-corrected chi connectivity index (χ1v) is 6.56. The van der Waals surface area contributed by atoms with Crippen LogP contribution in [-0.4, -0.2) is 35.2 Å². The number of hydrogen-bond acceptors (Lipinski definition) is 3. The van der Waals surface area contributed by atoms with Gasteiger partial charge in [0.05, 0.1) is 16.6 Å². The van der Waals surface area contributed by atoms with Crippen molar-refractivity contribution in [2.75, 3.05) is 18.0 Å². The van der Waals surface area contributed by atoms with Gasteiger partial charge < -0.3 is 15.1 Å². The van der Waals surface area contributed by atoms with E-state index in [2.05, 4.69) is 0 Å². The molecule has 6 heteroatoms. The molecule has 0 aromatic heterocycles. The van der Waals surface area contributed by atoms with Gasteiger partial charge in [-0.2, -0.15) is 0 Å². The van der Waals surface area contributed by atoms with E-state index < -0.39 is 17.9 Å². The zero-order chi connectivity index (χ0) is 15.4. The summed E-state index contributed by atoms with van der Waals surface area (Å²) in [6.45, 7) is 5.06. The molecule has 1 unspecified atom stereocenters. The number of carbonyl (C=O) groups is 2. The molecule has 0 amide bonds. The number of aryl methyl sites for hydroxylation is 2. The van der Waals surface area contributed by atoms with Crippen LogP contribution in [0.4, 0.5) is 5.69 Å². The molecule has 0 aliphatic rings. The highest BCUT2D eigenvalue weighted by Gasteiger charge is 2.22. The maximum atomic E-state index is 11.0. The van der Waals surface area contributed by atoms with Gasteiger partial charge in [-0.15, -0.1) is 0 Å². The van der Waals surface area contributed by atoms with Gasteiger partial charge in [0.25, 0.3) is 0 Å². The van der Waals surface area contributed by atoms with Gasteiger partial charge in [0.2, 0.25) is 0 Å². The molecular weight excluding hydrogens is 282 g/mol. The summed E-state index contributed by atoms with van der Waals surface area (Å²) in [6.07, 6.45) is 0. The van der Waals surface area contributed by atoms with E-state index in [0.29, 0.717) is 10.7 Å². The minimum atomic E-state index is -1.03. The molecule has 0 heterocycles. The average Bonchev–Trinajstić information content (AvgIpc) is 2.25. The normalized spacial score (nSPS) is 12.0. The predicted octanol–water partition coefficient (Wildman–Crippen LogP) is 2.57. The fraction of sp³-hybridized carbons (Fsp3) is 0.429. The van der Waals surface area contributed by atoms with Crippen molar-refractivity contribution in [2.45, 2.75) is 20.8 Å². The topological polar surface area (TPSA) is 77.8 Å². The van der Waals surface area contributed by atoms with Crippen molar-refractivity contribution < 1.29 is 19.8 Å². The molecule has 110 valence electrons. The standard InChI is InChI=1S/C14H18ClNO4/c1-8-4-9(2)13(11(15)5-8)16(7-12(17)18)6-10(3)14(19)20/h4-5,10H,6-7H2,1-3H3,(H,17,18)(H,19,20). The van der Waals surface area contributed by atoms with Crippen molar-refractivity contribution in [1.82, 2.24) is 0 Å². The number of benzene rings is 1. The van der Waals surface area contributed by atoms with Crippen LogP contribution in [0.3, 0.4) is 0 Å². The molecule has 1 aromatic carbocycles. The van der Waals surface area contributed by atoms with E-state index in [0.717, 1.165) is 11.1 Å². The molecule has 1 aromatic rings. The number of hydrogen-bond donors (Lipinski definition) is 2. The zero-order valence-electron chi connectivity index (χ0n) is 11.7. The highest BCUT2D eigenvalue weighted by molar-refractivity contribution is 6.33. The molecule has 20 heavy (non-hydrogen) atoms. The molecule has 0 fully saturated rings. The van der Waals surface area contributed by atoms with Gasteiger partial charge in [-0.1, -0.05) is 24.6 Å². The largest absolute Gasteiger partial charge is 0.481 e. The molecule has 1 atom stereocenters. The lowest BCUT2D eigenvalue weighted by molar-refractivity contribution is -0.141. The average molecular weight is 300 g/mol. The number of aliphatic carboxylic acids is 2. The second kappa shape index (κ2) is 6.61. The van der Waals surface area contributed by atoms with Crippen LogP contribution in [0.15, 0.2) is 12.1 Å². The van der Waals surface area contributed by atoms with Crippen LogP contribution >= 0.6 is 11.6 Å². The van der Waals surface area contributed by atoms with Crippen LogP contribution in [0.1, 0.15) is 18.1 Å². The second-order valence-corrected chi connectivity index (χ2v) is 5.33. The zero-order valence-corrected chi connectivity index (χ0v) is 12.4. The smallest absolute Gasteiger partial charge is 0.323 e. The first kappa shape index (κ1) is 16.3. The molecule has 1 rings (SSSR count). The van der Waals surface area contributed by atoms with E-state index in [1.165, 1.54) is 11.8 Å². The summed E-state index contributed by atoms with van der Waals surface area (Å²) in [5.41, 5.74) is 2.37. The lowest BCUT2D eigenvalue weighted by atomic mass is 10.1. The highest BCUT2D eigenvalue weighted by Crippen LogP contribution is 2.31. The molecule has 5 nitrogen and oxygen atoms in total. The summed E-state index contributed by atoms with van der Waals surface area (Å²) >= 11 is 6.19. The van der Waals surface area contributed by atoms with Crippen LogP contribution < -0.4 is 4.90 Å². The van der Waals surface area contributed by atoms with E-state index >= 15 is 0 Å². The van der Waals surface area contributed by atoms with Gasteiger partial charge in [0.1, 0.15) is 6.54 Å². The second-order valence-electron chi connectivity index (χ2n) is 4.93. The Morgan fingerprint density at radius 2 is 1.90 bits per heavy atom. The van der Waals surface area contributed by atoms with Gasteiger partial charge in [0.15, 0.2) is 0 Å². The molecule has 0 bridgehead atoms. The molecule has 0 saturated carbocycles. The maximum Gasteiger partial charge on any atom is 0.323 e. The SMILES string of the molecule is Cc1cc(C)c(N(CC(=O)O)CC(C)C(=O)O)c(Cl)c1. The summed E-state index contributed by atoms with van der Waals surface area (Å²) in [4.78, 5) is 23.5. The fourth-order valence-electron chi connectivity index (χ4n) is 2.12. The number of anilines is 1. The van der Waals surface area contributed by atoms with Gasteiger partial charge in [-0.3, -0.25) is 9.59 Å². The summed E-state index contributed by atoms with van der Waals surface area (Å²) in [7, 11) is 0. The lowest BCUT2D eigenvalue weighted by Crippen LogP contribution is -2.36. The fourth-order valence-corrected chi connectivity index (χ4v) is 2.56. The van der Waals surface area contributed by atoms with Crippen molar-refractivity contribution in [3.63, 3.8) is 0 Å². The van der Waals surface area contributed by atoms with Gasteiger partial charge >= 0.3 is 11.9 Å². The highest BCUT2D eigenvalue weighted by atomic mass is 35.5. The minimum absolute atomic E-state index is 0.0885. The Morgan fingerprint density at radius 3 is 2.35 bits per heavy atom. The van der Waals surface area contributed by atoms with Crippen LogP contribution in [-0.2, 0) is 9.59 Å². The van der Waals surface area contributed by atoms with E-state index in [-0.39, 0.29) is 13.1 Å². The Labute approximate surface area is 122 Å².